The van der Waals surface area contributed by atoms with Crippen molar-refractivity contribution in [3.63, 3.8) is 0 Å². The molecule has 1 unspecified atom stereocenters. The Bertz CT molecular complexity index is 578. The van der Waals surface area contributed by atoms with E-state index < -0.39 is 0 Å². The largest absolute Gasteiger partial charge is 0.271 e. The summed E-state index contributed by atoms with van der Waals surface area (Å²) in [7, 11) is 0. The Morgan fingerprint density at radius 1 is 1.26 bits per heavy atom. The first-order chi connectivity index (χ1) is 9.10. The van der Waals surface area contributed by atoms with Gasteiger partial charge < -0.3 is 0 Å². The van der Waals surface area contributed by atoms with E-state index in [1.54, 1.807) is 18.5 Å². The zero-order valence-corrected chi connectivity index (χ0v) is 13.1. The molecule has 1 aromatic carbocycles. The van der Waals surface area contributed by atoms with Crippen LogP contribution in [0, 0.1) is 5.82 Å². The van der Waals surface area contributed by atoms with Crippen LogP contribution in [0.5, 0.6) is 0 Å². The molecule has 1 aromatic heterocycles. The highest BCUT2D eigenvalue weighted by Crippen LogP contribution is 2.25. The summed E-state index contributed by atoms with van der Waals surface area (Å²) in [6.45, 7) is 0. The number of halogens is 3. The summed E-state index contributed by atoms with van der Waals surface area (Å²) in [4.78, 5) is 4.12. The Hall–Kier alpha value is -0.820. The average Bonchev–Trinajstić information content (AvgIpc) is 2.38. The van der Waals surface area contributed by atoms with E-state index in [1.807, 2.05) is 6.07 Å². The third kappa shape index (κ3) is 3.82. The van der Waals surface area contributed by atoms with Gasteiger partial charge >= 0.3 is 0 Å². The lowest BCUT2D eigenvalue weighted by Gasteiger charge is -2.17. The van der Waals surface area contributed by atoms with Gasteiger partial charge in [-0.3, -0.25) is 16.3 Å². The molecule has 6 heteroatoms. The molecule has 1 atom stereocenters. The Morgan fingerprint density at radius 3 is 2.68 bits per heavy atom. The van der Waals surface area contributed by atoms with Gasteiger partial charge in [0, 0.05) is 21.3 Å². The van der Waals surface area contributed by atoms with Crippen LogP contribution in [-0.2, 0) is 6.42 Å². The number of hydrogen-bond acceptors (Lipinski definition) is 3. The smallest absolute Gasteiger partial charge is 0.124 e. The lowest BCUT2D eigenvalue weighted by atomic mass is 10.0. The van der Waals surface area contributed by atoms with Gasteiger partial charge in [0.2, 0.25) is 0 Å². The van der Waals surface area contributed by atoms with Crippen molar-refractivity contribution in [1.29, 1.82) is 0 Å². The van der Waals surface area contributed by atoms with Crippen molar-refractivity contribution in [3.05, 3.63) is 62.5 Å². The predicted octanol–water partition coefficient (Wildman–Crippen LogP) is 3.49. The quantitative estimate of drug-likeness (QED) is 0.622. The van der Waals surface area contributed by atoms with Crippen LogP contribution in [0.25, 0.3) is 0 Å². The van der Waals surface area contributed by atoms with Crippen LogP contribution in [0.15, 0.2) is 45.6 Å². The highest BCUT2D eigenvalue weighted by molar-refractivity contribution is 9.10. The summed E-state index contributed by atoms with van der Waals surface area (Å²) < 4.78 is 14.7. The standard InChI is InChI=1S/C13H12Br2FN3/c14-10-3-9(6-18-7-10)13(19-17)4-8-1-2-11(16)5-12(8)15/h1-3,5-7,13,19H,4,17H2. The first kappa shape index (κ1) is 14.6. The van der Waals surface area contributed by atoms with E-state index in [0.717, 1.165) is 20.1 Å². The van der Waals surface area contributed by atoms with Crippen LogP contribution in [0.2, 0.25) is 0 Å². The second-order valence-corrected chi connectivity index (χ2v) is 5.87. The zero-order chi connectivity index (χ0) is 13.8. The maximum Gasteiger partial charge on any atom is 0.124 e. The summed E-state index contributed by atoms with van der Waals surface area (Å²) >= 11 is 6.74. The van der Waals surface area contributed by atoms with E-state index >= 15 is 0 Å². The topological polar surface area (TPSA) is 50.9 Å². The molecule has 2 aromatic rings. The van der Waals surface area contributed by atoms with Gasteiger partial charge in [-0.05, 0) is 51.7 Å². The van der Waals surface area contributed by atoms with Gasteiger partial charge in [0.1, 0.15) is 5.82 Å². The van der Waals surface area contributed by atoms with Crippen LogP contribution >= 0.6 is 31.9 Å². The molecule has 0 fully saturated rings. The van der Waals surface area contributed by atoms with Crippen molar-refractivity contribution in [2.45, 2.75) is 12.5 Å². The molecule has 0 saturated carbocycles. The first-order valence-corrected chi connectivity index (χ1v) is 7.19. The van der Waals surface area contributed by atoms with Gasteiger partial charge in [0.25, 0.3) is 0 Å². The third-order valence-corrected chi connectivity index (χ3v) is 3.94. The van der Waals surface area contributed by atoms with Gasteiger partial charge in [-0.25, -0.2) is 4.39 Å². The highest BCUT2D eigenvalue weighted by Gasteiger charge is 2.13. The molecule has 0 aliphatic carbocycles. The fourth-order valence-corrected chi connectivity index (χ4v) is 2.69. The van der Waals surface area contributed by atoms with Gasteiger partial charge in [0.05, 0.1) is 6.04 Å². The number of nitrogens with two attached hydrogens (primary N) is 1. The molecule has 3 N–H and O–H groups in total. The SMILES string of the molecule is NNC(Cc1ccc(F)cc1Br)c1cncc(Br)c1. The Morgan fingerprint density at radius 2 is 2.05 bits per heavy atom. The lowest BCUT2D eigenvalue weighted by molar-refractivity contribution is 0.548. The third-order valence-electron chi connectivity index (χ3n) is 2.77. The summed E-state index contributed by atoms with van der Waals surface area (Å²) in [5, 5.41) is 0. The zero-order valence-electron chi connectivity index (χ0n) is 9.91. The van der Waals surface area contributed by atoms with Crippen molar-refractivity contribution in [2.24, 2.45) is 5.84 Å². The number of rotatable bonds is 4. The number of hydrazine groups is 1. The monoisotopic (exact) mass is 387 g/mol. The van der Waals surface area contributed by atoms with Gasteiger partial charge in [-0.2, -0.15) is 0 Å². The molecular formula is C13H12Br2FN3. The highest BCUT2D eigenvalue weighted by atomic mass is 79.9. The fraction of sp³-hybridized carbons (Fsp3) is 0.154. The lowest BCUT2D eigenvalue weighted by Crippen LogP contribution is -2.29. The second kappa shape index (κ2) is 6.56. The molecule has 0 saturated heterocycles. The first-order valence-electron chi connectivity index (χ1n) is 5.60. The molecule has 0 aliphatic rings. The molecule has 0 spiro atoms. The number of hydrogen-bond donors (Lipinski definition) is 2. The van der Waals surface area contributed by atoms with Crippen molar-refractivity contribution in [3.8, 4) is 0 Å². The normalized spacial score (nSPS) is 12.4. The van der Waals surface area contributed by atoms with E-state index in [4.69, 9.17) is 5.84 Å². The minimum absolute atomic E-state index is 0.0910. The van der Waals surface area contributed by atoms with Crippen LogP contribution < -0.4 is 11.3 Å². The molecule has 0 aliphatic heterocycles. The van der Waals surface area contributed by atoms with E-state index in [2.05, 4.69) is 42.3 Å². The van der Waals surface area contributed by atoms with Crippen molar-refractivity contribution in [1.82, 2.24) is 10.4 Å². The van der Waals surface area contributed by atoms with Crippen LogP contribution in [-0.4, -0.2) is 4.98 Å². The molecule has 19 heavy (non-hydrogen) atoms. The van der Waals surface area contributed by atoms with Crippen LogP contribution in [0.1, 0.15) is 17.2 Å². The van der Waals surface area contributed by atoms with Crippen LogP contribution in [0.4, 0.5) is 4.39 Å². The number of aromatic nitrogens is 1. The second-order valence-electron chi connectivity index (χ2n) is 4.10. The minimum Gasteiger partial charge on any atom is -0.271 e. The van der Waals surface area contributed by atoms with Gasteiger partial charge in [-0.1, -0.05) is 22.0 Å². The van der Waals surface area contributed by atoms with E-state index in [1.165, 1.54) is 12.1 Å². The molecule has 1 heterocycles. The predicted molar refractivity (Wildman–Crippen MR) is 79.8 cm³/mol. The maximum absolute atomic E-state index is 13.1. The number of pyridine rings is 1. The summed E-state index contributed by atoms with van der Waals surface area (Å²) in [6.07, 6.45) is 4.10. The minimum atomic E-state index is -0.267. The summed E-state index contributed by atoms with van der Waals surface area (Å²) in [5.74, 6) is 5.33. The number of nitrogens with zero attached hydrogens (tertiary/aromatic N) is 1. The van der Waals surface area contributed by atoms with E-state index in [0.29, 0.717) is 6.42 Å². The number of nitrogens with one attached hydrogen (secondary N) is 1. The summed E-state index contributed by atoms with van der Waals surface area (Å²) in [5.41, 5.74) is 4.70. The molecular weight excluding hydrogens is 377 g/mol. The average molecular weight is 389 g/mol. The molecule has 3 nitrogen and oxygen atoms in total. The molecule has 2 rings (SSSR count). The molecule has 100 valence electrons. The van der Waals surface area contributed by atoms with Gasteiger partial charge in [0.15, 0.2) is 0 Å². The van der Waals surface area contributed by atoms with Gasteiger partial charge in [-0.15, -0.1) is 0 Å². The Kier molecular flexibility index (Phi) is 5.04. The molecule has 0 radical (unpaired) electrons. The Labute approximate surface area is 127 Å². The van der Waals surface area contributed by atoms with Crippen molar-refractivity contribution >= 4 is 31.9 Å². The maximum atomic E-state index is 13.1. The van der Waals surface area contributed by atoms with E-state index in [9.17, 15) is 4.39 Å². The van der Waals surface area contributed by atoms with Crippen molar-refractivity contribution in [2.75, 3.05) is 0 Å². The van der Waals surface area contributed by atoms with E-state index in [-0.39, 0.29) is 11.9 Å². The van der Waals surface area contributed by atoms with Crippen LogP contribution in [0.3, 0.4) is 0 Å². The van der Waals surface area contributed by atoms with Crippen molar-refractivity contribution < 1.29 is 4.39 Å². The number of benzene rings is 1. The molecule has 0 amide bonds. The summed E-state index contributed by atoms with van der Waals surface area (Å²) in [6, 6.07) is 6.49. The molecule has 0 bridgehead atoms. The fourth-order valence-electron chi connectivity index (χ4n) is 1.80. The Balaban J connectivity index is 2.24.